The number of unbranched alkanes of at least 4 members (excludes halogenated alkanes) is 3. The van der Waals surface area contributed by atoms with Gasteiger partial charge in [-0.1, -0.05) is 56.5 Å². The number of ether oxygens (including phenoxy) is 2. The predicted octanol–water partition coefficient (Wildman–Crippen LogP) is 5.12. The maximum Gasteiger partial charge on any atom is 0.216 e. The van der Waals surface area contributed by atoms with Crippen LogP contribution in [0.5, 0.6) is 23.0 Å². The van der Waals surface area contributed by atoms with Crippen molar-refractivity contribution in [3.05, 3.63) is 36.4 Å². The summed E-state index contributed by atoms with van der Waals surface area (Å²) in [5, 5.41) is 10.1. The van der Waals surface area contributed by atoms with Gasteiger partial charge < -0.3 is 14.6 Å². The van der Waals surface area contributed by atoms with Crippen LogP contribution in [0, 0.1) is 0 Å². The summed E-state index contributed by atoms with van der Waals surface area (Å²) in [6, 6.07) is 11.9. The van der Waals surface area contributed by atoms with E-state index in [4.69, 9.17) is 9.47 Å². The molecular formula is C18H20O3. The number of hydrogen-bond donors (Lipinski definition) is 1. The summed E-state index contributed by atoms with van der Waals surface area (Å²) in [5.41, 5.74) is 2.05. The number of rotatable bonds is 7. The molecule has 0 bridgehead atoms. The average Bonchev–Trinajstić information content (AvgIpc) is 3.31. The van der Waals surface area contributed by atoms with E-state index in [0.717, 1.165) is 29.7 Å². The lowest BCUT2D eigenvalue weighted by Gasteiger charge is -2.08. The van der Waals surface area contributed by atoms with E-state index in [2.05, 4.69) is 6.92 Å². The standard InChI is InChI=1S/C18H20O3/c1-2-3-4-8-11-20-15-12-14(13-9-6-5-7-10-13)17-18(21-17)16(15)19/h5-7,9-10,12,19H,2-4,8,11H2,1H3. The van der Waals surface area contributed by atoms with Gasteiger partial charge in [-0.2, -0.15) is 0 Å². The number of fused-ring (bicyclic) bond motifs is 1. The van der Waals surface area contributed by atoms with Crippen LogP contribution in [-0.4, -0.2) is 11.7 Å². The van der Waals surface area contributed by atoms with Crippen molar-refractivity contribution >= 4 is 0 Å². The Morgan fingerprint density at radius 2 is 1.86 bits per heavy atom. The Balaban J connectivity index is 1.75. The maximum atomic E-state index is 10.1. The van der Waals surface area contributed by atoms with E-state index in [9.17, 15) is 5.11 Å². The number of aromatic hydroxyl groups is 1. The van der Waals surface area contributed by atoms with Gasteiger partial charge in [0.1, 0.15) is 0 Å². The molecule has 1 aliphatic rings. The van der Waals surface area contributed by atoms with E-state index < -0.39 is 0 Å². The second kappa shape index (κ2) is 6.08. The summed E-state index contributed by atoms with van der Waals surface area (Å²) in [6.45, 7) is 2.81. The normalized spacial score (nSPS) is 11.7. The third-order valence-corrected chi connectivity index (χ3v) is 3.68. The molecule has 0 radical (unpaired) electrons. The Hall–Kier alpha value is -2.16. The van der Waals surface area contributed by atoms with Gasteiger partial charge in [0.2, 0.25) is 11.5 Å². The molecule has 0 fully saturated rings. The van der Waals surface area contributed by atoms with Gasteiger partial charge in [0, 0.05) is 5.56 Å². The first kappa shape index (κ1) is 13.8. The molecule has 0 spiro atoms. The zero-order valence-electron chi connectivity index (χ0n) is 12.3. The highest BCUT2D eigenvalue weighted by molar-refractivity contribution is 5.85. The quantitative estimate of drug-likeness (QED) is 0.483. The SMILES string of the molecule is CCCCCCOc1cc(-c2ccccc2)c2c(c1O)O2. The molecule has 2 aromatic carbocycles. The number of hydrogen-bond acceptors (Lipinski definition) is 3. The van der Waals surface area contributed by atoms with Crippen molar-refractivity contribution in [2.24, 2.45) is 0 Å². The third kappa shape index (κ3) is 2.97. The summed E-state index contributed by atoms with van der Waals surface area (Å²) in [6.07, 6.45) is 4.59. The molecule has 3 nitrogen and oxygen atoms in total. The molecular weight excluding hydrogens is 264 g/mol. The van der Waals surface area contributed by atoms with E-state index in [0.29, 0.717) is 18.1 Å². The van der Waals surface area contributed by atoms with E-state index in [1.54, 1.807) is 0 Å². The summed E-state index contributed by atoms with van der Waals surface area (Å²) < 4.78 is 11.1. The first-order valence-corrected chi connectivity index (χ1v) is 7.57. The van der Waals surface area contributed by atoms with Gasteiger partial charge in [0.25, 0.3) is 0 Å². The Morgan fingerprint density at radius 3 is 2.62 bits per heavy atom. The first-order valence-electron chi connectivity index (χ1n) is 7.57. The van der Waals surface area contributed by atoms with Crippen LogP contribution >= 0.6 is 0 Å². The molecule has 0 atom stereocenters. The molecule has 3 heteroatoms. The van der Waals surface area contributed by atoms with Crippen LogP contribution in [0.1, 0.15) is 32.6 Å². The fourth-order valence-electron chi connectivity index (χ4n) is 2.44. The number of phenolic OH excluding ortho intramolecular Hbond substituents is 1. The molecule has 0 saturated carbocycles. The Labute approximate surface area is 125 Å². The molecule has 0 aliphatic carbocycles. The summed E-state index contributed by atoms with van der Waals surface area (Å²) in [7, 11) is 0. The van der Waals surface area contributed by atoms with Crippen LogP contribution in [0.25, 0.3) is 11.1 Å². The van der Waals surface area contributed by atoms with E-state index in [1.165, 1.54) is 12.8 Å². The van der Waals surface area contributed by atoms with Crippen LogP contribution in [0.15, 0.2) is 36.4 Å². The highest BCUT2D eigenvalue weighted by atomic mass is 16.6. The molecule has 0 amide bonds. The Kier molecular flexibility index (Phi) is 4.00. The highest BCUT2D eigenvalue weighted by Crippen LogP contribution is 2.61. The Bertz CT molecular complexity index is 620. The summed E-state index contributed by atoms with van der Waals surface area (Å²) in [5.74, 6) is 1.96. The van der Waals surface area contributed by atoms with Crippen molar-refractivity contribution in [3.8, 4) is 34.1 Å². The lowest BCUT2D eigenvalue weighted by atomic mass is 10.1. The summed E-state index contributed by atoms with van der Waals surface area (Å²) in [4.78, 5) is 0. The minimum atomic E-state index is 0.125. The van der Waals surface area contributed by atoms with Crippen molar-refractivity contribution in [2.45, 2.75) is 32.6 Å². The number of phenols is 1. The molecule has 0 aromatic heterocycles. The molecule has 1 aliphatic heterocycles. The fourth-order valence-corrected chi connectivity index (χ4v) is 2.44. The zero-order chi connectivity index (χ0) is 14.7. The largest absolute Gasteiger partial charge is 0.502 e. The van der Waals surface area contributed by atoms with Crippen molar-refractivity contribution in [2.75, 3.05) is 6.61 Å². The predicted molar refractivity (Wildman–Crippen MR) is 83.3 cm³/mol. The average molecular weight is 284 g/mol. The van der Waals surface area contributed by atoms with Crippen molar-refractivity contribution < 1.29 is 14.6 Å². The molecule has 21 heavy (non-hydrogen) atoms. The maximum absolute atomic E-state index is 10.1. The van der Waals surface area contributed by atoms with Gasteiger partial charge in [-0.15, -0.1) is 0 Å². The van der Waals surface area contributed by atoms with Crippen LogP contribution in [-0.2, 0) is 0 Å². The van der Waals surface area contributed by atoms with Crippen LogP contribution < -0.4 is 9.47 Å². The van der Waals surface area contributed by atoms with Crippen molar-refractivity contribution in [3.63, 3.8) is 0 Å². The van der Waals surface area contributed by atoms with Gasteiger partial charge in [-0.05, 0) is 18.1 Å². The Morgan fingerprint density at radius 1 is 1.05 bits per heavy atom. The zero-order valence-corrected chi connectivity index (χ0v) is 12.3. The van der Waals surface area contributed by atoms with Gasteiger partial charge >= 0.3 is 0 Å². The van der Waals surface area contributed by atoms with E-state index >= 15 is 0 Å². The smallest absolute Gasteiger partial charge is 0.216 e. The highest BCUT2D eigenvalue weighted by Gasteiger charge is 2.33. The fraction of sp³-hybridized carbons (Fsp3) is 0.333. The van der Waals surface area contributed by atoms with Crippen LogP contribution in [0.3, 0.4) is 0 Å². The summed E-state index contributed by atoms with van der Waals surface area (Å²) >= 11 is 0. The molecule has 1 heterocycles. The topological polar surface area (TPSA) is 42.0 Å². The minimum Gasteiger partial charge on any atom is -0.502 e. The molecule has 110 valence electrons. The molecule has 3 rings (SSSR count). The van der Waals surface area contributed by atoms with Crippen molar-refractivity contribution in [1.29, 1.82) is 0 Å². The van der Waals surface area contributed by atoms with Gasteiger partial charge in [-0.3, -0.25) is 0 Å². The monoisotopic (exact) mass is 284 g/mol. The van der Waals surface area contributed by atoms with E-state index in [-0.39, 0.29) is 5.75 Å². The third-order valence-electron chi connectivity index (χ3n) is 3.68. The van der Waals surface area contributed by atoms with Gasteiger partial charge in [0.15, 0.2) is 11.5 Å². The molecule has 0 saturated heterocycles. The molecule has 2 aromatic rings. The second-order valence-electron chi connectivity index (χ2n) is 5.31. The lowest BCUT2D eigenvalue weighted by Crippen LogP contribution is -1.97. The van der Waals surface area contributed by atoms with Crippen molar-refractivity contribution in [1.82, 2.24) is 0 Å². The minimum absolute atomic E-state index is 0.125. The first-order chi connectivity index (χ1) is 10.3. The van der Waals surface area contributed by atoms with E-state index in [1.807, 2.05) is 36.4 Å². The van der Waals surface area contributed by atoms with Gasteiger partial charge in [0.05, 0.1) is 6.61 Å². The molecule has 1 N–H and O–H groups in total. The number of benzene rings is 2. The molecule has 0 unspecified atom stereocenters. The second-order valence-corrected chi connectivity index (χ2v) is 5.31. The van der Waals surface area contributed by atoms with Crippen LogP contribution in [0.4, 0.5) is 0 Å². The lowest BCUT2D eigenvalue weighted by molar-refractivity contribution is 0.289. The van der Waals surface area contributed by atoms with Crippen LogP contribution in [0.2, 0.25) is 0 Å². The van der Waals surface area contributed by atoms with Gasteiger partial charge in [-0.25, -0.2) is 0 Å².